The summed E-state index contributed by atoms with van der Waals surface area (Å²) < 4.78 is 47.1. The predicted molar refractivity (Wildman–Crippen MR) is 64.8 cm³/mol. The minimum Gasteiger partial charge on any atom is -0.481 e. The largest absolute Gasteiger partial charge is 0.481 e. The highest BCUT2D eigenvalue weighted by Gasteiger charge is 2.41. The number of rotatable bonds is 9. The molecule has 0 bridgehead atoms. The van der Waals surface area contributed by atoms with E-state index in [4.69, 9.17) is 10.8 Å². The Kier molecular flexibility index (Phi) is 7.22. The zero-order valence-corrected chi connectivity index (χ0v) is 11.7. The van der Waals surface area contributed by atoms with Gasteiger partial charge in [0.2, 0.25) is 5.91 Å². The second-order valence-corrected chi connectivity index (χ2v) is 5.71. The summed E-state index contributed by atoms with van der Waals surface area (Å²) in [6, 6.07) is 0. The molecule has 20 heavy (non-hydrogen) atoms. The number of aliphatic hydroxyl groups is 1. The summed E-state index contributed by atoms with van der Waals surface area (Å²) in [5, 5.41) is 16.7. The van der Waals surface area contributed by atoms with E-state index >= 15 is 0 Å². The first-order valence-corrected chi connectivity index (χ1v) is 6.83. The maximum atomic E-state index is 12.0. The summed E-state index contributed by atoms with van der Waals surface area (Å²) >= 11 is 0. The zero-order valence-electron chi connectivity index (χ0n) is 10.5. The molecule has 0 saturated carbocycles. The Labute approximate surface area is 114 Å². The number of amides is 1. The van der Waals surface area contributed by atoms with Crippen LogP contribution in [0.25, 0.3) is 0 Å². The van der Waals surface area contributed by atoms with Gasteiger partial charge < -0.3 is 20.5 Å². The summed E-state index contributed by atoms with van der Waals surface area (Å²) in [7, 11) is -2.04. The normalized spacial score (nSPS) is 17.0. The number of primary amides is 1. The van der Waals surface area contributed by atoms with Crippen LogP contribution in [0.4, 0.5) is 13.2 Å². The van der Waals surface area contributed by atoms with E-state index in [1.165, 1.54) is 0 Å². The van der Waals surface area contributed by atoms with Gasteiger partial charge in [-0.15, -0.1) is 0 Å². The van der Waals surface area contributed by atoms with Crippen molar-refractivity contribution in [2.24, 2.45) is 11.7 Å². The van der Waals surface area contributed by atoms with Crippen LogP contribution < -0.4 is 5.73 Å². The topological polar surface area (TPSA) is 118 Å². The molecule has 3 atom stereocenters. The van der Waals surface area contributed by atoms with Crippen molar-refractivity contribution in [3.63, 3.8) is 0 Å². The summed E-state index contributed by atoms with van der Waals surface area (Å²) in [5.74, 6) is -3.92. The number of carbonyl (C=O) groups is 2. The summed E-state index contributed by atoms with van der Waals surface area (Å²) in [5.41, 5.74) is 4.85. The van der Waals surface area contributed by atoms with Gasteiger partial charge in [-0.25, -0.2) is 0 Å². The number of carbonyl (C=O) groups excluding carboxylic acids is 1. The Balaban J connectivity index is 4.80. The molecular weight excluding hydrogens is 302 g/mol. The van der Waals surface area contributed by atoms with Crippen molar-refractivity contribution in [3.8, 4) is 0 Å². The van der Waals surface area contributed by atoms with Crippen LogP contribution in [0.3, 0.4) is 0 Å². The smallest absolute Gasteiger partial charge is 0.389 e. The molecule has 0 fully saturated rings. The third-order valence-electron chi connectivity index (χ3n) is 2.82. The van der Waals surface area contributed by atoms with Gasteiger partial charge in [-0.3, -0.25) is 9.59 Å². The van der Waals surface area contributed by atoms with Gasteiger partial charge in [0.05, 0.1) is 14.4 Å². The molecule has 1 amide bonds. The van der Waals surface area contributed by atoms with E-state index in [1.807, 2.05) is 0 Å². The average molecular weight is 319 g/mol. The van der Waals surface area contributed by atoms with Gasteiger partial charge >= 0.3 is 12.1 Å². The number of alkyl halides is 3. The zero-order chi connectivity index (χ0) is 16.0. The summed E-state index contributed by atoms with van der Waals surface area (Å²) in [4.78, 5) is 21.6. The van der Waals surface area contributed by atoms with Crippen molar-refractivity contribution in [1.29, 1.82) is 0 Å². The fourth-order valence-electron chi connectivity index (χ4n) is 1.76. The number of nitrogens with two attached hydrogens (primary N) is 1. The Morgan fingerprint density at radius 1 is 1.25 bits per heavy atom. The molecule has 0 heterocycles. The lowest BCUT2D eigenvalue weighted by atomic mass is 9.92. The summed E-state index contributed by atoms with van der Waals surface area (Å²) in [6.07, 6.45) is -7.50. The van der Waals surface area contributed by atoms with Crippen molar-refractivity contribution >= 4 is 20.3 Å². The van der Waals surface area contributed by atoms with Gasteiger partial charge in [-0.2, -0.15) is 13.2 Å². The first kappa shape index (κ1) is 18.9. The van der Waals surface area contributed by atoms with E-state index in [-0.39, 0.29) is 12.8 Å². The Morgan fingerprint density at radius 2 is 1.80 bits per heavy atom. The molecule has 0 aromatic carbocycles. The van der Waals surface area contributed by atoms with Crippen molar-refractivity contribution < 1.29 is 37.5 Å². The molecule has 118 valence electrons. The molecule has 0 aromatic rings. The molecule has 0 aliphatic heterocycles. The minimum atomic E-state index is -4.44. The molecule has 0 radical (unpaired) electrons. The van der Waals surface area contributed by atoms with Gasteiger partial charge in [0, 0.05) is 12.8 Å². The van der Waals surface area contributed by atoms with E-state index in [1.54, 1.807) is 0 Å². The van der Waals surface area contributed by atoms with Crippen LogP contribution in [-0.4, -0.2) is 33.6 Å². The molecule has 3 unspecified atom stereocenters. The van der Waals surface area contributed by atoms with Gasteiger partial charge in [-0.1, -0.05) is 0 Å². The molecular formula is C10H17F3NO5P. The highest BCUT2D eigenvalue weighted by Crippen LogP contribution is 2.38. The molecule has 0 aliphatic rings. The molecule has 4 N–H and O–H groups in total. The van der Waals surface area contributed by atoms with E-state index in [2.05, 4.69) is 0 Å². The number of halogens is 3. The minimum absolute atomic E-state index is 0.363. The quantitative estimate of drug-likeness (QED) is 0.551. The van der Waals surface area contributed by atoms with E-state index < -0.39 is 57.0 Å². The standard InChI is InChI=1S/C10H17F3NO5P/c11-10(12,13)5-1-4-9(18,20-19)6(8(16)17)2-3-7(14)15/h6,18H,1-5,20H2,(H2,14,15)(H,16,17). The van der Waals surface area contributed by atoms with Crippen LogP contribution in [0.15, 0.2) is 0 Å². The van der Waals surface area contributed by atoms with Gasteiger partial charge in [0.1, 0.15) is 5.34 Å². The van der Waals surface area contributed by atoms with Crippen molar-refractivity contribution in [1.82, 2.24) is 0 Å². The van der Waals surface area contributed by atoms with Crippen LogP contribution in [0.2, 0.25) is 0 Å². The van der Waals surface area contributed by atoms with Crippen LogP contribution in [0.1, 0.15) is 32.1 Å². The van der Waals surface area contributed by atoms with Crippen LogP contribution in [0.5, 0.6) is 0 Å². The van der Waals surface area contributed by atoms with Crippen molar-refractivity contribution in [2.45, 2.75) is 43.6 Å². The molecule has 10 heteroatoms. The third kappa shape index (κ3) is 6.91. The van der Waals surface area contributed by atoms with E-state index in [0.717, 1.165) is 0 Å². The lowest BCUT2D eigenvalue weighted by Crippen LogP contribution is -2.38. The van der Waals surface area contributed by atoms with Crippen LogP contribution in [0, 0.1) is 5.92 Å². The van der Waals surface area contributed by atoms with Crippen molar-refractivity contribution in [2.75, 3.05) is 0 Å². The fourth-order valence-corrected chi connectivity index (χ4v) is 2.56. The molecule has 0 aromatic heterocycles. The Morgan fingerprint density at radius 3 is 2.15 bits per heavy atom. The fraction of sp³-hybridized carbons (Fsp3) is 0.800. The maximum absolute atomic E-state index is 12.0. The molecule has 0 saturated heterocycles. The Hall–Kier alpha value is -1.08. The molecule has 0 rings (SSSR count). The highest BCUT2D eigenvalue weighted by atomic mass is 31.1. The molecule has 6 nitrogen and oxygen atoms in total. The molecule has 0 aliphatic carbocycles. The number of hydrogen-bond donors (Lipinski definition) is 3. The lowest BCUT2D eigenvalue weighted by molar-refractivity contribution is -0.149. The van der Waals surface area contributed by atoms with Gasteiger partial charge in [0.25, 0.3) is 0 Å². The van der Waals surface area contributed by atoms with Crippen LogP contribution >= 0.6 is 8.46 Å². The molecule has 0 spiro atoms. The van der Waals surface area contributed by atoms with Crippen molar-refractivity contribution in [3.05, 3.63) is 0 Å². The lowest BCUT2D eigenvalue weighted by Gasteiger charge is -2.29. The number of hydrogen-bond acceptors (Lipinski definition) is 4. The second kappa shape index (κ2) is 7.64. The van der Waals surface area contributed by atoms with Gasteiger partial charge in [0.15, 0.2) is 0 Å². The monoisotopic (exact) mass is 319 g/mol. The van der Waals surface area contributed by atoms with E-state index in [0.29, 0.717) is 0 Å². The second-order valence-electron chi connectivity index (χ2n) is 4.47. The number of carboxylic acid groups (broad SMARTS) is 1. The first-order chi connectivity index (χ1) is 9.02. The maximum Gasteiger partial charge on any atom is 0.389 e. The number of aliphatic carboxylic acids is 1. The predicted octanol–water partition coefficient (Wildman–Crippen LogP) is 1.13. The first-order valence-electron chi connectivity index (χ1n) is 5.78. The average Bonchev–Trinajstić information content (AvgIpc) is 2.26. The SMILES string of the molecule is NC(=O)CCC(C(=O)O)C(O)(CCCC(F)(F)F)[PH2]=O. The highest BCUT2D eigenvalue weighted by molar-refractivity contribution is 7.25. The van der Waals surface area contributed by atoms with E-state index in [9.17, 15) is 32.4 Å². The van der Waals surface area contributed by atoms with Gasteiger partial charge in [-0.05, 0) is 19.3 Å². The third-order valence-corrected chi connectivity index (χ3v) is 3.92. The summed E-state index contributed by atoms with van der Waals surface area (Å²) in [6.45, 7) is 0. The van der Waals surface area contributed by atoms with Crippen LogP contribution in [-0.2, 0) is 14.2 Å². The Bertz CT molecular complexity index is 376. The number of carboxylic acids is 1.